The number of hydrogen-bond acceptors (Lipinski definition) is 4. The molecule has 0 aliphatic heterocycles. The molecule has 2 atom stereocenters. The van der Waals surface area contributed by atoms with E-state index in [0.29, 0.717) is 23.7 Å². The molecule has 184 valence electrons. The largest absolute Gasteiger partial charge is 0.497 e. The van der Waals surface area contributed by atoms with Crippen LogP contribution in [-0.4, -0.2) is 42.6 Å². The Kier molecular flexibility index (Phi) is 9.57. The SMILES string of the molecule is C#CCC[C@H](C(O[Si](C)(C)C(C)(C)C)c1ccc(Cl)nc1)N(Cc1ccc(OC)cc1)C(=O)O. The number of terminal acetylenes is 1. The van der Waals surface area contributed by atoms with Crippen LogP contribution in [0.4, 0.5) is 4.79 Å². The van der Waals surface area contributed by atoms with E-state index in [4.69, 9.17) is 27.2 Å². The van der Waals surface area contributed by atoms with Crippen LogP contribution < -0.4 is 4.74 Å². The monoisotopic (exact) mass is 502 g/mol. The number of nitrogens with zero attached hydrogens (tertiary/aromatic N) is 2. The number of carbonyl (C=O) groups is 1. The molecule has 1 unspecified atom stereocenters. The van der Waals surface area contributed by atoms with Gasteiger partial charge in [-0.3, -0.25) is 4.90 Å². The van der Waals surface area contributed by atoms with Gasteiger partial charge in [0.2, 0.25) is 0 Å². The third-order valence-corrected chi connectivity index (χ3v) is 11.1. The highest BCUT2D eigenvalue weighted by Gasteiger charge is 2.43. The minimum absolute atomic E-state index is 0.0776. The van der Waals surface area contributed by atoms with Gasteiger partial charge >= 0.3 is 6.09 Å². The molecule has 6 nitrogen and oxygen atoms in total. The van der Waals surface area contributed by atoms with Crippen LogP contribution in [0.5, 0.6) is 5.75 Å². The van der Waals surface area contributed by atoms with Gasteiger partial charge in [0.05, 0.1) is 19.3 Å². The standard InChI is InChI=1S/C26H35ClN2O4Si/c1-8-9-10-22(29(25(30)31)18-19-11-14-21(32-5)15-12-19)24(20-13-16-23(27)28-17-20)33-34(6,7)26(2,3)4/h1,11-17,22,24H,9-10,18H2,2-7H3,(H,30,31)/t22-,24?/m1/s1. The molecule has 1 N–H and O–H groups in total. The van der Waals surface area contributed by atoms with Crippen LogP contribution in [-0.2, 0) is 11.0 Å². The molecule has 1 amide bonds. The van der Waals surface area contributed by atoms with E-state index >= 15 is 0 Å². The maximum atomic E-state index is 12.6. The van der Waals surface area contributed by atoms with E-state index in [1.54, 1.807) is 19.4 Å². The molecule has 0 saturated carbocycles. The maximum absolute atomic E-state index is 12.6. The van der Waals surface area contributed by atoms with Crippen molar-refractivity contribution in [1.82, 2.24) is 9.88 Å². The molecule has 2 aromatic rings. The van der Waals surface area contributed by atoms with Crippen LogP contribution in [0.15, 0.2) is 42.6 Å². The lowest BCUT2D eigenvalue weighted by Gasteiger charge is -2.43. The summed E-state index contributed by atoms with van der Waals surface area (Å²) in [5.41, 5.74) is 1.62. The molecular weight excluding hydrogens is 468 g/mol. The van der Waals surface area contributed by atoms with E-state index in [0.717, 1.165) is 11.1 Å². The maximum Gasteiger partial charge on any atom is 0.407 e. The Morgan fingerprint density at radius 1 is 1.24 bits per heavy atom. The summed E-state index contributed by atoms with van der Waals surface area (Å²) in [6.45, 7) is 10.9. The zero-order chi connectivity index (χ0) is 25.5. The van der Waals surface area contributed by atoms with E-state index in [1.165, 1.54) is 4.90 Å². The van der Waals surface area contributed by atoms with Gasteiger partial charge in [-0.2, -0.15) is 0 Å². The topological polar surface area (TPSA) is 71.9 Å². The number of carboxylic acid groups (broad SMARTS) is 1. The van der Waals surface area contributed by atoms with Gasteiger partial charge in [-0.1, -0.05) is 50.6 Å². The number of rotatable bonds is 10. The fourth-order valence-electron chi connectivity index (χ4n) is 3.37. The van der Waals surface area contributed by atoms with Crippen molar-refractivity contribution >= 4 is 26.0 Å². The smallest absolute Gasteiger partial charge is 0.407 e. The number of halogens is 1. The van der Waals surface area contributed by atoms with E-state index in [2.05, 4.69) is 44.8 Å². The van der Waals surface area contributed by atoms with E-state index in [-0.39, 0.29) is 11.6 Å². The van der Waals surface area contributed by atoms with Crippen LogP contribution >= 0.6 is 11.6 Å². The summed E-state index contributed by atoms with van der Waals surface area (Å²) in [6.07, 6.45) is 6.54. The van der Waals surface area contributed by atoms with E-state index < -0.39 is 26.6 Å². The van der Waals surface area contributed by atoms with Gasteiger partial charge in [-0.05, 0) is 48.3 Å². The van der Waals surface area contributed by atoms with Gasteiger partial charge in [0.1, 0.15) is 10.9 Å². The molecule has 0 fully saturated rings. The first-order valence-corrected chi connectivity index (χ1v) is 14.5. The quantitative estimate of drug-likeness (QED) is 0.220. The fraction of sp³-hybridized carbons (Fsp3) is 0.462. The molecule has 0 radical (unpaired) electrons. The molecule has 0 spiro atoms. The average Bonchev–Trinajstić information content (AvgIpc) is 2.77. The first kappa shape index (κ1) is 27.7. The summed E-state index contributed by atoms with van der Waals surface area (Å²) in [4.78, 5) is 18.2. The van der Waals surface area contributed by atoms with Crippen LogP contribution in [0.1, 0.15) is 50.8 Å². The molecule has 0 aliphatic carbocycles. The van der Waals surface area contributed by atoms with Crippen molar-refractivity contribution in [3.8, 4) is 18.1 Å². The molecule has 34 heavy (non-hydrogen) atoms. The molecule has 0 bridgehead atoms. The summed E-state index contributed by atoms with van der Waals surface area (Å²) in [5.74, 6) is 3.37. The number of aromatic nitrogens is 1. The van der Waals surface area contributed by atoms with Crippen LogP contribution in [0.2, 0.25) is 23.3 Å². The summed E-state index contributed by atoms with van der Waals surface area (Å²) in [6, 6.07) is 10.4. The van der Waals surface area contributed by atoms with Crippen LogP contribution in [0, 0.1) is 12.3 Å². The van der Waals surface area contributed by atoms with Crippen molar-refractivity contribution < 1.29 is 19.1 Å². The zero-order valence-corrected chi connectivity index (χ0v) is 22.6. The van der Waals surface area contributed by atoms with Gasteiger partial charge in [-0.15, -0.1) is 12.3 Å². The lowest BCUT2D eigenvalue weighted by molar-refractivity contribution is 0.0461. The Morgan fingerprint density at radius 2 is 1.88 bits per heavy atom. The van der Waals surface area contributed by atoms with Crippen molar-refractivity contribution in [2.24, 2.45) is 0 Å². The third-order valence-electron chi connectivity index (χ3n) is 6.40. The van der Waals surface area contributed by atoms with E-state index in [9.17, 15) is 9.90 Å². The van der Waals surface area contributed by atoms with Crippen molar-refractivity contribution in [2.75, 3.05) is 7.11 Å². The number of hydrogen-bond donors (Lipinski definition) is 1. The van der Waals surface area contributed by atoms with Crippen molar-refractivity contribution in [2.45, 2.75) is 70.4 Å². The highest BCUT2D eigenvalue weighted by molar-refractivity contribution is 6.74. The Labute approximate surface area is 209 Å². The second-order valence-corrected chi connectivity index (χ2v) is 14.9. The first-order chi connectivity index (χ1) is 15.9. The minimum atomic E-state index is -2.30. The normalized spacial score (nSPS) is 13.6. The van der Waals surface area contributed by atoms with Crippen molar-refractivity contribution in [3.63, 3.8) is 0 Å². The van der Waals surface area contributed by atoms with Crippen molar-refractivity contribution in [1.29, 1.82) is 0 Å². The molecule has 0 aliphatic rings. The molecule has 2 rings (SSSR count). The van der Waals surface area contributed by atoms with E-state index in [1.807, 2.05) is 30.3 Å². The molecular formula is C26H35ClN2O4Si. The lowest BCUT2D eigenvalue weighted by Crippen LogP contribution is -2.49. The Hall–Kier alpha value is -2.53. The predicted molar refractivity (Wildman–Crippen MR) is 139 cm³/mol. The van der Waals surface area contributed by atoms with Crippen molar-refractivity contribution in [3.05, 3.63) is 58.9 Å². The fourth-order valence-corrected chi connectivity index (χ4v) is 4.77. The Morgan fingerprint density at radius 3 is 2.35 bits per heavy atom. The molecule has 1 aromatic heterocycles. The summed E-state index contributed by atoms with van der Waals surface area (Å²) in [5, 5.41) is 10.6. The second-order valence-electron chi connectivity index (χ2n) is 9.78. The number of pyridine rings is 1. The Bertz CT molecular complexity index is 982. The summed E-state index contributed by atoms with van der Waals surface area (Å²) >= 11 is 6.05. The van der Waals surface area contributed by atoms with Gasteiger partial charge in [0.25, 0.3) is 0 Å². The lowest BCUT2D eigenvalue weighted by atomic mass is 9.97. The molecule has 1 heterocycles. The predicted octanol–water partition coefficient (Wildman–Crippen LogP) is 6.77. The minimum Gasteiger partial charge on any atom is -0.497 e. The molecule has 8 heteroatoms. The number of ether oxygens (including phenoxy) is 1. The summed E-state index contributed by atoms with van der Waals surface area (Å²) < 4.78 is 12.1. The van der Waals surface area contributed by atoms with Gasteiger partial charge in [0.15, 0.2) is 8.32 Å². The van der Waals surface area contributed by atoms with Gasteiger partial charge in [-0.25, -0.2) is 9.78 Å². The van der Waals surface area contributed by atoms with Crippen LogP contribution in [0.3, 0.4) is 0 Å². The highest BCUT2D eigenvalue weighted by atomic mass is 35.5. The number of methoxy groups -OCH3 is 1. The molecule has 1 aromatic carbocycles. The third kappa shape index (κ3) is 7.23. The van der Waals surface area contributed by atoms with Gasteiger partial charge in [0, 0.05) is 24.7 Å². The number of benzene rings is 1. The number of amides is 1. The first-order valence-electron chi connectivity index (χ1n) is 11.2. The second kappa shape index (κ2) is 11.7. The highest BCUT2D eigenvalue weighted by Crippen LogP contribution is 2.42. The average molecular weight is 503 g/mol. The zero-order valence-electron chi connectivity index (χ0n) is 20.8. The van der Waals surface area contributed by atoms with Gasteiger partial charge < -0.3 is 14.3 Å². The molecule has 0 saturated heterocycles. The Balaban J connectivity index is 2.55. The van der Waals surface area contributed by atoms with Crippen LogP contribution in [0.25, 0.3) is 0 Å². The summed E-state index contributed by atoms with van der Waals surface area (Å²) in [7, 11) is -0.705.